The lowest BCUT2D eigenvalue weighted by Gasteiger charge is -2.33. The van der Waals surface area contributed by atoms with Gasteiger partial charge in [0.25, 0.3) is 5.91 Å². The van der Waals surface area contributed by atoms with Crippen LogP contribution in [-0.2, 0) is 5.41 Å². The highest BCUT2D eigenvalue weighted by atomic mass is 35.5. The number of hydrogen-bond acceptors (Lipinski definition) is 5. The Morgan fingerprint density at radius 2 is 1.79 bits per heavy atom. The van der Waals surface area contributed by atoms with E-state index in [0.29, 0.717) is 23.6 Å². The van der Waals surface area contributed by atoms with E-state index < -0.39 is 12.2 Å². The molecule has 0 saturated carbocycles. The van der Waals surface area contributed by atoms with Crippen molar-refractivity contribution in [2.45, 2.75) is 44.8 Å². The molecule has 1 aliphatic rings. The molecule has 1 fully saturated rings. The van der Waals surface area contributed by atoms with Gasteiger partial charge >= 0.3 is 0 Å². The van der Waals surface area contributed by atoms with Crippen molar-refractivity contribution in [1.29, 1.82) is 0 Å². The van der Waals surface area contributed by atoms with E-state index in [1.54, 1.807) is 23.2 Å². The topological polar surface area (TPSA) is 86.6 Å². The molecule has 2 atom stereocenters. The molecular formula is C26H28ClN3O3. The molecule has 2 N–H and O–H groups in total. The molecule has 33 heavy (non-hydrogen) atoms. The number of β-amino-alcohol motifs (C(OH)–C–C–N with tert-alkyl or cyclic N) is 1. The molecule has 0 radical (unpaired) electrons. The first kappa shape index (κ1) is 23.4. The molecule has 6 nitrogen and oxygen atoms in total. The fourth-order valence-electron chi connectivity index (χ4n) is 3.93. The minimum Gasteiger partial charge on any atom is -0.390 e. The van der Waals surface area contributed by atoms with E-state index in [-0.39, 0.29) is 17.9 Å². The molecule has 2 aromatic heterocycles. The number of rotatable bonds is 3. The average molecular weight is 466 g/mol. The summed E-state index contributed by atoms with van der Waals surface area (Å²) >= 11 is 6.58. The number of piperidine rings is 1. The first-order valence-electron chi connectivity index (χ1n) is 11.0. The second-order valence-corrected chi connectivity index (χ2v) is 9.92. The molecule has 4 rings (SSSR count). The standard InChI is InChI=1S/C26H28ClN3O3/c1-26(2,3)24-12-16(6-8-29-24)18-10-19(14-28-13-18)20-5-4-17(11-21(20)27)25(33)30-9-7-22(31)23(32)15-30/h4-6,8,10-14,22-23,31-32H,7,9,15H2,1-3H3. The highest BCUT2D eigenvalue weighted by molar-refractivity contribution is 6.33. The Balaban J connectivity index is 1.60. The van der Waals surface area contributed by atoms with E-state index >= 15 is 0 Å². The van der Waals surface area contributed by atoms with E-state index in [1.165, 1.54) is 0 Å². The summed E-state index contributed by atoms with van der Waals surface area (Å²) in [4.78, 5) is 23.3. The number of pyridine rings is 2. The number of benzene rings is 1. The van der Waals surface area contributed by atoms with Crippen molar-refractivity contribution in [3.63, 3.8) is 0 Å². The van der Waals surface area contributed by atoms with Gasteiger partial charge in [-0.2, -0.15) is 0 Å². The zero-order chi connectivity index (χ0) is 23.8. The lowest BCUT2D eigenvalue weighted by atomic mass is 9.90. The van der Waals surface area contributed by atoms with Gasteiger partial charge in [0.1, 0.15) is 0 Å². The normalized spacial score (nSPS) is 18.9. The monoisotopic (exact) mass is 465 g/mol. The molecule has 0 bridgehead atoms. The minimum absolute atomic E-state index is 0.0603. The third-order valence-electron chi connectivity index (χ3n) is 5.96. The summed E-state index contributed by atoms with van der Waals surface area (Å²) in [5, 5.41) is 20.0. The number of carbonyl (C=O) groups excluding carboxylic acids is 1. The lowest BCUT2D eigenvalue weighted by molar-refractivity contribution is -0.0321. The third kappa shape index (κ3) is 5.08. The first-order valence-corrected chi connectivity index (χ1v) is 11.4. The Morgan fingerprint density at radius 3 is 2.48 bits per heavy atom. The number of amides is 1. The summed E-state index contributed by atoms with van der Waals surface area (Å²) < 4.78 is 0. The van der Waals surface area contributed by atoms with Gasteiger partial charge in [-0.25, -0.2) is 0 Å². The second-order valence-electron chi connectivity index (χ2n) is 9.51. The second kappa shape index (κ2) is 9.21. The van der Waals surface area contributed by atoms with Gasteiger partial charge < -0.3 is 15.1 Å². The Labute approximate surface area is 198 Å². The van der Waals surface area contributed by atoms with Gasteiger partial charge in [0, 0.05) is 70.1 Å². The summed E-state index contributed by atoms with van der Waals surface area (Å²) in [5.41, 5.74) is 5.00. The van der Waals surface area contributed by atoms with Crippen LogP contribution in [0.5, 0.6) is 0 Å². The number of halogens is 1. The van der Waals surface area contributed by atoms with Crippen LogP contribution in [-0.4, -0.2) is 56.3 Å². The molecule has 7 heteroatoms. The molecule has 1 amide bonds. The number of nitrogens with zero attached hydrogens (tertiary/aromatic N) is 3. The summed E-state index contributed by atoms with van der Waals surface area (Å²) in [5.74, 6) is -0.215. The summed E-state index contributed by atoms with van der Waals surface area (Å²) in [6.07, 6.45) is 4.00. The zero-order valence-corrected chi connectivity index (χ0v) is 19.8. The van der Waals surface area contributed by atoms with Crippen LogP contribution >= 0.6 is 11.6 Å². The van der Waals surface area contributed by atoms with Crippen LogP contribution in [0.25, 0.3) is 22.3 Å². The van der Waals surface area contributed by atoms with E-state index in [9.17, 15) is 15.0 Å². The van der Waals surface area contributed by atoms with Crippen LogP contribution < -0.4 is 0 Å². The highest BCUT2D eigenvalue weighted by Crippen LogP contribution is 2.32. The fraction of sp³-hybridized carbons (Fsp3) is 0.346. The van der Waals surface area contributed by atoms with Crippen LogP contribution in [0.15, 0.2) is 55.0 Å². The van der Waals surface area contributed by atoms with Gasteiger partial charge in [0.2, 0.25) is 0 Å². The SMILES string of the molecule is CC(C)(C)c1cc(-c2cncc(-c3ccc(C(=O)N4CCC(O)C(O)C4)cc3Cl)c2)ccn1. The zero-order valence-electron chi connectivity index (χ0n) is 19.0. The number of likely N-dealkylation sites (tertiary alicyclic amines) is 1. The number of aliphatic hydroxyl groups is 2. The molecule has 3 heterocycles. The number of hydrogen-bond donors (Lipinski definition) is 2. The highest BCUT2D eigenvalue weighted by Gasteiger charge is 2.29. The van der Waals surface area contributed by atoms with Crippen molar-refractivity contribution in [3.8, 4) is 22.3 Å². The van der Waals surface area contributed by atoms with E-state index in [2.05, 4.69) is 36.8 Å². The van der Waals surface area contributed by atoms with Gasteiger partial charge in [-0.15, -0.1) is 0 Å². The van der Waals surface area contributed by atoms with E-state index in [1.807, 2.05) is 30.6 Å². The predicted molar refractivity (Wildman–Crippen MR) is 129 cm³/mol. The molecule has 0 spiro atoms. The van der Waals surface area contributed by atoms with Crippen LogP contribution in [0.4, 0.5) is 0 Å². The lowest BCUT2D eigenvalue weighted by Crippen LogP contribution is -2.48. The van der Waals surface area contributed by atoms with Crippen molar-refractivity contribution in [3.05, 3.63) is 71.3 Å². The number of carbonyl (C=O) groups is 1. The first-order chi connectivity index (χ1) is 15.6. The van der Waals surface area contributed by atoms with Crippen LogP contribution in [0.3, 0.4) is 0 Å². The van der Waals surface area contributed by atoms with Gasteiger partial charge in [-0.05, 0) is 42.3 Å². The molecule has 2 unspecified atom stereocenters. The van der Waals surface area contributed by atoms with Gasteiger partial charge in [-0.1, -0.05) is 38.4 Å². The maximum atomic E-state index is 12.9. The summed E-state index contributed by atoms with van der Waals surface area (Å²) in [7, 11) is 0. The van der Waals surface area contributed by atoms with Gasteiger partial charge in [-0.3, -0.25) is 14.8 Å². The molecule has 3 aromatic rings. The van der Waals surface area contributed by atoms with Crippen molar-refractivity contribution in [1.82, 2.24) is 14.9 Å². The predicted octanol–water partition coefficient (Wildman–Crippen LogP) is 4.33. The van der Waals surface area contributed by atoms with E-state index in [0.717, 1.165) is 27.9 Å². The van der Waals surface area contributed by atoms with Crippen LogP contribution in [0.2, 0.25) is 5.02 Å². The Bertz CT molecular complexity index is 1180. The van der Waals surface area contributed by atoms with Crippen LogP contribution in [0, 0.1) is 0 Å². The molecule has 1 aliphatic heterocycles. The summed E-state index contributed by atoms with van der Waals surface area (Å²) in [6.45, 7) is 6.88. The van der Waals surface area contributed by atoms with Crippen molar-refractivity contribution >= 4 is 17.5 Å². The van der Waals surface area contributed by atoms with Gasteiger partial charge in [0.05, 0.1) is 12.2 Å². The molecule has 172 valence electrons. The molecule has 0 aliphatic carbocycles. The minimum atomic E-state index is -0.932. The molecule has 1 aromatic carbocycles. The van der Waals surface area contributed by atoms with Gasteiger partial charge in [0.15, 0.2) is 0 Å². The van der Waals surface area contributed by atoms with Crippen molar-refractivity contribution < 1.29 is 15.0 Å². The summed E-state index contributed by atoms with van der Waals surface area (Å²) in [6, 6.07) is 11.3. The van der Waals surface area contributed by atoms with E-state index in [4.69, 9.17) is 11.6 Å². The molecular weight excluding hydrogens is 438 g/mol. The van der Waals surface area contributed by atoms with Crippen molar-refractivity contribution in [2.75, 3.05) is 13.1 Å². The Hall–Kier alpha value is -2.80. The van der Waals surface area contributed by atoms with Crippen molar-refractivity contribution in [2.24, 2.45) is 0 Å². The largest absolute Gasteiger partial charge is 0.390 e. The molecule has 1 saturated heterocycles. The maximum Gasteiger partial charge on any atom is 0.253 e. The Kier molecular flexibility index (Phi) is 6.52. The smallest absolute Gasteiger partial charge is 0.253 e. The maximum absolute atomic E-state index is 12.9. The number of aliphatic hydroxyl groups excluding tert-OH is 2. The third-order valence-corrected chi connectivity index (χ3v) is 6.27. The quantitative estimate of drug-likeness (QED) is 0.601. The number of aromatic nitrogens is 2. The average Bonchev–Trinajstić information content (AvgIpc) is 2.80. The Morgan fingerprint density at radius 1 is 1.03 bits per heavy atom. The van der Waals surface area contributed by atoms with Crippen LogP contribution in [0.1, 0.15) is 43.2 Å². The fourth-order valence-corrected chi connectivity index (χ4v) is 4.22.